The van der Waals surface area contributed by atoms with Gasteiger partial charge in [-0.2, -0.15) is 0 Å². The summed E-state index contributed by atoms with van der Waals surface area (Å²) in [5, 5.41) is 0. The lowest BCUT2D eigenvalue weighted by atomic mass is 9.86. The second-order valence-electron chi connectivity index (χ2n) is 6.30. The summed E-state index contributed by atoms with van der Waals surface area (Å²) in [6.07, 6.45) is 4.64. The van der Waals surface area contributed by atoms with Crippen molar-refractivity contribution in [2.45, 2.75) is 58.8 Å². The van der Waals surface area contributed by atoms with Crippen LogP contribution < -0.4 is 10.5 Å². The molecule has 108 valence electrons. The third-order valence-corrected chi connectivity index (χ3v) is 3.30. The molecule has 0 aliphatic heterocycles. The van der Waals surface area contributed by atoms with Gasteiger partial charge in [0.1, 0.15) is 5.75 Å². The van der Waals surface area contributed by atoms with E-state index in [1.54, 1.807) is 0 Å². The first-order chi connectivity index (χ1) is 8.95. The second-order valence-corrected chi connectivity index (χ2v) is 6.30. The zero-order valence-electron chi connectivity index (χ0n) is 13.0. The summed E-state index contributed by atoms with van der Waals surface area (Å²) in [7, 11) is 0. The lowest BCUT2D eigenvalue weighted by molar-refractivity contribution is 0.297. The maximum absolute atomic E-state index is 5.99. The van der Waals surface area contributed by atoms with Crippen LogP contribution in [0.3, 0.4) is 0 Å². The molecule has 0 spiro atoms. The highest BCUT2D eigenvalue weighted by atomic mass is 16.5. The predicted molar refractivity (Wildman–Crippen MR) is 82.9 cm³/mol. The van der Waals surface area contributed by atoms with Gasteiger partial charge in [-0.3, -0.25) is 0 Å². The number of aryl methyl sites for hydroxylation is 1. The Bertz CT molecular complexity index is 379. The standard InChI is InChI=1S/C17H29NO/c1-14-9-10-15(17(2,3)4)16(13-14)19-12-8-6-5-7-11-18/h9-10,13H,5-8,11-12,18H2,1-4H3. The average Bonchev–Trinajstić information content (AvgIpc) is 2.32. The van der Waals surface area contributed by atoms with Crippen molar-refractivity contribution in [2.75, 3.05) is 13.2 Å². The third kappa shape index (κ3) is 5.65. The Hall–Kier alpha value is -1.02. The van der Waals surface area contributed by atoms with Crippen LogP contribution in [0.2, 0.25) is 0 Å². The highest BCUT2D eigenvalue weighted by Gasteiger charge is 2.18. The van der Waals surface area contributed by atoms with Crippen molar-refractivity contribution < 1.29 is 4.74 Å². The quantitative estimate of drug-likeness (QED) is 0.749. The maximum Gasteiger partial charge on any atom is 0.123 e. The fourth-order valence-electron chi connectivity index (χ4n) is 2.15. The molecule has 0 atom stereocenters. The number of hydrogen-bond donors (Lipinski definition) is 1. The molecule has 0 saturated carbocycles. The Balaban J connectivity index is 2.54. The van der Waals surface area contributed by atoms with Crippen LogP contribution in [-0.4, -0.2) is 13.2 Å². The van der Waals surface area contributed by atoms with E-state index in [0.717, 1.165) is 31.7 Å². The molecule has 0 fully saturated rings. The molecule has 19 heavy (non-hydrogen) atoms. The van der Waals surface area contributed by atoms with E-state index in [4.69, 9.17) is 10.5 Å². The summed E-state index contributed by atoms with van der Waals surface area (Å²) in [5.74, 6) is 1.05. The van der Waals surface area contributed by atoms with Gasteiger partial charge in [-0.05, 0) is 48.9 Å². The molecule has 0 aromatic heterocycles. The van der Waals surface area contributed by atoms with Crippen LogP contribution in [0.15, 0.2) is 18.2 Å². The van der Waals surface area contributed by atoms with Crippen LogP contribution in [-0.2, 0) is 5.41 Å². The minimum Gasteiger partial charge on any atom is -0.493 e. The van der Waals surface area contributed by atoms with Crippen LogP contribution in [0.25, 0.3) is 0 Å². The molecule has 0 saturated heterocycles. The van der Waals surface area contributed by atoms with Crippen LogP contribution in [0.5, 0.6) is 5.75 Å². The van der Waals surface area contributed by atoms with Gasteiger partial charge in [0.15, 0.2) is 0 Å². The van der Waals surface area contributed by atoms with Crippen LogP contribution in [0.1, 0.15) is 57.6 Å². The zero-order valence-corrected chi connectivity index (χ0v) is 13.0. The molecule has 2 nitrogen and oxygen atoms in total. The topological polar surface area (TPSA) is 35.2 Å². The molecule has 0 amide bonds. The predicted octanol–water partition coefficient (Wildman–Crippen LogP) is 4.19. The molecule has 0 unspecified atom stereocenters. The van der Waals surface area contributed by atoms with Gasteiger partial charge in [0.2, 0.25) is 0 Å². The normalized spacial score (nSPS) is 11.6. The minimum absolute atomic E-state index is 0.128. The van der Waals surface area contributed by atoms with Gasteiger partial charge < -0.3 is 10.5 Å². The lowest BCUT2D eigenvalue weighted by Gasteiger charge is -2.23. The van der Waals surface area contributed by atoms with E-state index in [0.29, 0.717) is 0 Å². The highest BCUT2D eigenvalue weighted by molar-refractivity contribution is 5.41. The summed E-state index contributed by atoms with van der Waals surface area (Å²) in [6.45, 7) is 10.4. The van der Waals surface area contributed by atoms with Crippen LogP contribution in [0, 0.1) is 6.92 Å². The van der Waals surface area contributed by atoms with Crippen LogP contribution in [0.4, 0.5) is 0 Å². The summed E-state index contributed by atoms with van der Waals surface area (Å²) in [4.78, 5) is 0. The molecule has 0 aliphatic rings. The monoisotopic (exact) mass is 263 g/mol. The Morgan fingerprint density at radius 1 is 1.05 bits per heavy atom. The van der Waals surface area contributed by atoms with Gasteiger partial charge in [-0.1, -0.05) is 45.7 Å². The molecule has 0 heterocycles. The molecular formula is C17H29NO. The van der Waals surface area contributed by atoms with Gasteiger partial charge in [-0.25, -0.2) is 0 Å². The zero-order chi connectivity index (χ0) is 14.3. The lowest BCUT2D eigenvalue weighted by Crippen LogP contribution is -2.14. The van der Waals surface area contributed by atoms with Crippen molar-refractivity contribution in [3.05, 3.63) is 29.3 Å². The summed E-state index contributed by atoms with van der Waals surface area (Å²) in [6, 6.07) is 6.51. The maximum atomic E-state index is 5.99. The summed E-state index contributed by atoms with van der Waals surface area (Å²) in [5.41, 5.74) is 8.16. The van der Waals surface area contributed by atoms with Crippen molar-refractivity contribution >= 4 is 0 Å². The molecule has 0 bridgehead atoms. The van der Waals surface area contributed by atoms with Crippen LogP contribution >= 0.6 is 0 Å². The summed E-state index contributed by atoms with van der Waals surface area (Å²) >= 11 is 0. The Morgan fingerprint density at radius 2 is 1.74 bits per heavy atom. The molecule has 2 N–H and O–H groups in total. The molecule has 1 aromatic carbocycles. The van der Waals surface area contributed by atoms with E-state index >= 15 is 0 Å². The fourth-order valence-corrected chi connectivity index (χ4v) is 2.15. The first-order valence-electron chi connectivity index (χ1n) is 7.39. The van der Waals surface area contributed by atoms with E-state index in [2.05, 4.69) is 45.9 Å². The van der Waals surface area contributed by atoms with Gasteiger partial charge in [-0.15, -0.1) is 0 Å². The van der Waals surface area contributed by atoms with Gasteiger partial charge in [0.05, 0.1) is 6.61 Å². The largest absolute Gasteiger partial charge is 0.493 e. The van der Waals surface area contributed by atoms with Crippen molar-refractivity contribution in [3.63, 3.8) is 0 Å². The molecule has 1 aromatic rings. The number of benzene rings is 1. The minimum atomic E-state index is 0.128. The van der Waals surface area contributed by atoms with Crippen molar-refractivity contribution in [2.24, 2.45) is 5.73 Å². The van der Waals surface area contributed by atoms with Gasteiger partial charge in [0.25, 0.3) is 0 Å². The third-order valence-electron chi connectivity index (χ3n) is 3.30. The second kappa shape index (κ2) is 7.54. The highest BCUT2D eigenvalue weighted by Crippen LogP contribution is 2.32. The molecule has 0 aliphatic carbocycles. The van der Waals surface area contributed by atoms with Crippen molar-refractivity contribution in [1.82, 2.24) is 0 Å². The fraction of sp³-hybridized carbons (Fsp3) is 0.647. The van der Waals surface area contributed by atoms with E-state index in [1.165, 1.54) is 24.0 Å². The van der Waals surface area contributed by atoms with E-state index in [9.17, 15) is 0 Å². The number of ether oxygens (including phenoxy) is 1. The Morgan fingerprint density at radius 3 is 2.37 bits per heavy atom. The first-order valence-corrected chi connectivity index (χ1v) is 7.39. The number of hydrogen-bond acceptors (Lipinski definition) is 2. The number of unbranched alkanes of at least 4 members (excludes halogenated alkanes) is 3. The first kappa shape index (κ1) is 16.0. The smallest absolute Gasteiger partial charge is 0.123 e. The van der Waals surface area contributed by atoms with Gasteiger partial charge >= 0.3 is 0 Å². The van der Waals surface area contributed by atoms with E-state index in [1.807, 2.05) is 0 Å². The average molecular weight is 263 g/mol. The molecular weight excluding hydrogens is 234 g/mol. The van der Waals surface area contributed by atoms with Crippen molar-refractivity contribution in [1.29, 1.82) is 0 Å². The SMILES string of the molecule is Cc1ccc(C(C)(C)C)c(OCCCCCCN)c1. The van der Waals surface area contributed by atoms with Gasteiger partial charge in [0, 0.05) is 0 Å². The Labute approximate surface area is 118 Å². The molecule has 2 heteroatoms. The number of nitrogens with two attached hydrogens (primary N) is 1. The molecule has 1 rings (SSSR count). The van der Waals surface area contributed by atoms with E-state index < -0.39 is 0 Å². The summed E-state index contributed by atoms with van der Waals surface area (Å²) < 4.78 is 5.99. The number of rotatable bonds is 7. The van der Waals surface area contributed by atoms with Crippen molar-refractivity contribution in [3.8, 4) is 5.75 Å². The Kier molecular flexibility index (Phi) is 6.36. The molecule has 0 radical (unpaired) electrons. The van der Waals surface area contributed by atoms with E-state index in [-0.39, 0.29) is 5.41 Å².